The molecule has 0 saturated heterocycles. The molecule has 3 aromatic rings. The van der Waals surface area contributed by atoms with E-state index in [2.05, 4.69) is 0 Å². The summed E-state index contributed by atoms with van der Waals surface area (Å²) in [7, 11) is 0. The van der Waals surface area contributed by atoms with Crippen LogP contribution in [0.1, 0.15) is 33.9 Å². The number of ketones is 1. The Morgan fingerprint density at radius 1 is 1.12 bits per heavy atom. The van der Waals surface area contributed by atoms with Crippen LogP contribution in [0.5, 0.6) is 11.5 Å². The van der Waals surface area contributed by atoms with Gasteiger partial charge in [-0.15, -0.1) is 0 Å². The third kappa shape index (κ3) is 5.03. The molecule has 0 aliphatic carbocycles. The second-order valence-electron chi connectivity index (χ2n) is 8.02. The predicted octanol–water partition coefficient (Wildman–Crippen LogP) is 3.29. The smallest absolute Gasteiger partial charge is 0.308 e. The van der Waals surface area contributed by atoms with E-state index < -0.39 is 5.97 Å². The van der Waals surface area contributed by atoms with Crippen molar-refractivity contribution in [2.24, 2.45) is 0 Å². The number of esters is 1. The molecule has 1 aliphatic rings. The number of carbonyl (C=O) groups excluding carboxylic acids is 2. The van der Waals surface area contributed by atoms with E-state index in [-0.39, 0.29) is 36.3 Å². The summed E-state index contributed by atoms with van der Waals surface area (Å²) in [5.74, 6) is 0.657. The number of aromatic nitrogens is 2. The number of fused-ring (bicyclic) bond motifs is 1. The third-order valence-electron chi connectivity index (χ3n) is 5.71. The zero-order valence-corrected chi connectivity index (χ0v) is 19.6. The van der Waals surface area contributed by atoms with Crippen molar-refractivity contribution in [1.29, 1.82) is 0 Å². The SMILES string of the molecule is Cc1cc(C(=O)COC(=O)CCn2c(C)csc2=O)c(C)n1CC1COc2ccccc2O1. The summed E-state index contributed by atoms with van der Waals surface area (Å²) >= 11 is 1.09. The quantitative estimate of drug-likeness (QED) is 0.371. The summed E-state index contributed by atoms with van der Waals surface area (Å²) in [5, 5.41) is 1.75. The number of ether oxygens (including phenoxy) is 3. The van der Waals surface area contributed by atoms with E-state index in [4.69, 9.17) is 14.2 Å². The van der Waals surface area contributed by atoms with Crippen LogP contribution in [0, 0.1) is 20.8 Å². The normalized spacial score (nSPS) is 14.8. The zero-order chi connectivity index (χ0) is 23.5. The molecule has 0 amide bonds. The van der Waals surface area contributed by atoms with Crippen molar-refractivity contribution in [1.82, 2.24) is 9.13 Å². The van der Waals surface area contributed by atoms with Crippen molar-refractivity contribution in [3.8, 4) is 11.5 Å². The van der Waals surface area contributed by atoms with Crippen molar-refractivity contribution < 1.29 is 23.8 Å². The molecular weight excluding hydrogens is 444 g/mol. The van der Waals surface area contributed by atoms with Gasteiger partial charge in [0.25, 0.3) is 0 Å². The first kappa shape index (κ1) is 22.8. The predicted molar refractivity (Wildman–Crippen MR) is 123 cm³/mol. The largest absolute Gasteiger partial charge is 0.486 e. The molecule has 1 aromatic carbocycles. The van der Waals surface area contributed by atoms with Gasteiger partial charge in [0.1, 0.15) is 6.61 Å². The molecule has 0 bridgehead atoms. The molecule has 33 heavy (non-hydrogen) atoms. The Hall–Kier alpha value is -3.33. The number of carbonyl (C=O) groups is 2. The van der Waals surface area contributed by atoms with E-state index >= 15 is 0 Å². The number of Topliss-reactive ketones (excluding diaryl/α,β-unsaturated/α-hetero) is 1. The lowest BCUT2D eigenvalue weighted by atomic mass is 10.1. The molecule has 0 N–H and O–H groups in total. The summed E-state index contributed by atoms with van der Waals surface area (Å²) in [5.41, 5.74) is 3.02. The lowest BCUT2D eigenvalue weighted by Crippen LogP contribution is -2.33. The topological polar surface area (TPSA) is 88.8 Å². The maximum atomic E-state index is 12.7. The second kappa shape index (κ2) is 9.66. The summed E-state index contributed by atoms with van der Waals surface area (Å²) in [6, 6.07) is 9.34. The molecule has 0 saturated carbocycles. The van der Waals surface area contributed by atoms with Crippen molar-refractivity contribution in [2.45, 2.75) is 46.4 Å². The van der Waals surface area contributed by atoms with Crippen molar-refractivity contribution in [2.75, 3.05) is 13.2 Å². The van der Waals surface area contributed by atoms with Gasteiger partial charge < -0.3 is 23.3 Å². The molecule has 0 spiro atoms. The second-order valence-corrected chi connectivity index (χ2v) is 8.84. The summed E-state index contributed by atoms with van der Waals surface area (Å²) < 4.78 is 20.5. The lowest BCUT2D eigenvalue weighted by Gasteiger charge is -2.27. The Morgan fingerprint density at radius 2 is 1.88 bits per heavy atom. The Balaban J connectivity index is 1.34. The molecule has 0 radical (unpaired) electrons. The van der Waals surface area contributed by atoms with Crippen LogP contribution in [-0.2, 0) is 22.6 Å². The van der Waals surface area contributed by atoms with Crippen LogP contribution < -0.4 is 14.3 Å². The van der Waals surface area contributed by atoms with Crippen molar-refractivity contribution in [3.05, 3.63) is 68.0 Å². The molecule has 4 rings (SSSR count). The minimum absolute atomic E-state index is 0.0320. The van der Waals surface area contributed by atoms with Crippen LogP contribution in [0.4, 0.5) is 0 Å². The number of aryl methyl sites for hydroxylation is 2. The minimum atomic E-state index is -0.513. The summed E-state index contributed by atoms with van der Waals surface area (Å²) in [6.07, 6.45) is -0.154. The van der Waals surface area contributed by atoms with Gasteiger partial charge in [0, 0.05) is 34.6 Å². The number of hydrogen-bond donors (Lipinski definition) is 0. The van der Waals surface area contributed by atoms with Crippen molar-refractivity contribution >= 4 is 23.1 Å². The summed E-state index contributed by atoms with van der Waals surface area (Å²) in [6.45, 7) is 6.46. The van der Waals surface area contributed by atoms with E-state index in [1.807, 2.05) is 49.6 Å². The Bertz CT molecular complexity index is 1240. The molecule has 1 unspecified atom stereocenters. The van der Waals surface area contributed by atoms with Gasteiger partial charge in [-0.05, 0) is 39.0 Å². The van der Waals surface area contributed by atoms with Crippen molar-refractivity contribution in [3.63, 3.8) is 0 Å². The van der Waals surface area contributed by atoms with Gasteiger partial charge in [-0.25, -0.2) is 0 Å². The van der Waals surface area contributed by atoms with E-state index in [1.165, 1.54) is 4.57 Å². The third-order valence-corrected chi connectivity index (χ3v) is 6.59. The fraction of sp³-hybridized carbons (Fsp3) is 0.375. The number of nitrogens with zero attached hydrogens (tertiary/aromatic N) is 2. The summed E-state index contributed by atoms with van der Waals surface area (Å²) in [4.78, 5) is 36.5. The Labute approximate surface area is 195 Å². The number of benzene rings is 1. The highest BCUT2D eigenvalue weighted by Crippen LogP contribution is 2.31. The lowest BCUT2D eigenvalue weighted by molar-refractivity contribution is -0.142. The Morgan fingerprint density at radius 3 is 2.61 bits per heavy atom. The molecule has 174 valence electrons. The van der Waals surface area contributed by atoms with Crippen LogP contribution in [-0.4, -0.2) is 40.2 Å². The molecular formula is C24H26N2O6S. The van der Waals surface area contributed by atoms with Gasteiger partial charge in [0.2, 0.25) is 5.78 Å². The molecule has 1 aliphatic heterocycles. The van der Waals surface area contributed by atoms with E-state index in [1.54, 1.807) is 11.4 Å². The van der Waals surface area contributed by atoms with Crippen LogP contribution in [0.3, 0.4) is 0 Å². The number of thiazole rings is 1. The van der Waals surface area contributed by atoms with Crippen LogP contribution in [0.15, 0.2) is 40.5 Å². The zero-order valence-electron chi connectivity index (χ0n) is 18.8. The maximum absolute atomic E-state index is 12.7. The maximum Gasteiger partial charge on any atom is 0.308 e. The molecule has 2 aromatic heterocycles. The van der Waals surface area contributed by atoms with Gasteiger partial charge >= 0.3 is 10.8 Å². The highest BCUT2D eigenvalue weighted by Gasteiger charge is 2.24. The molecule has 1 atom stereocenters. The van der Waals surface area contributed by atoms with Crippen LogP contribution in [0.2, 0.25) is 0 Å². The van der Waals surface area contributed by atoms with Gasteiger partial charge in [-0.2, -0.15) is 0 Å². The highest BCUT2D eigenvalue weighted by atomic mass is 32.1. The average Bonchev–Trinajstić information content (AvgIpc) is 3.28. The van der Waals surface area contributed by atoms with E-state index in [0.29, 0.717) is 24.5 Å². The fourth-order valence-electron chi connectivity index (χ4n) is 3.89. The van der Waals surface area contributed by atoms with Crippen LogP contribution in [0.25, 0.3) is 0 Å². The average molecular weight is 471 g/mol. The van der Waals surface area contributed by atoms with Gasteiger partial charge in [-0.1, -0.05) is 23.5 Å². The molecule has 9 heteroatoms. The first-order valence-electron chi connectivity index (χ1n) is 10.7. The standard InChI is InChI=1S/C24H26N2O6S/c1-15-10-19(20(27)13-31-23(28)8-9-25-16(2)14-33-24(25)29)17(3)26(15)11-18-12-30-21-6-4-5-7-22(21)32-18/h4-7,10,14,18H,8-9,11-13H2,1-3H3. The highest BCUT2D eigenvalue weighted by molar-refractivity contribution is 7.07. The van der Waals surface area contributed by atoms with Gasteiger partial charge in [0.15, 0.2) is 24.2 Å². The molecule has 8 nitrogen and oxygen atoms in total. The number of hydrogen-bond acceptors (Lipinski definition) is 7. The first-order chi connectivity index (χ1) is 15.8. The molecule has 0 fully saturated rings. The minimum Gasteiger partial charge on any atom is -0.486 e. The Kier molecular flexibility index (Phi) is 6.69. The van der Waals surface area contributed by atoms with Gasteiger partial charge in [-0.3, -0.25) is 14.4 Å². The van der Waals surface area contributed by atoms with Gasteiger partial charge in [0.05, 0.1) is 13.0 Å². The van der Waals surface area contributed by atoms with Crippen LogP contribution >= 0.6 is 11.3 Å². The monoisotopic (exact) mass is 470 g/mol. The van der Waals surface area contributed by atoms with E-state index in [9.17, 15) is 14.4 Å². The first-order valence-corrected chi connectivity index (χ1v) is 11.6. The fourth-order valence-corrected chi connectivity index (χ4v) is 4.66. The number of para-hydroxylation sites is 2. The number of rotatable bonds is 8. The molecule has 3 heterocycles. The van der Waals surface area contributed by atoms with E-state index in [0.717, 1.165) is 34.2 Å².